The Bertz CT molecular complexity index is 2290. The van der Waals surface area contributed by atoms with E-state index in [1.54, 1.807) is 6.20 Å². The number of pyridine rings is 2. The number of aromatic nitrogens is 4. The standard InChI is InChI=1S/C41H41N5O4/c1-26(2)38(48)15-13-32(47)22-28-10-14-36-37(23-28)46(41(50)44-36)31-17-20-45(21-18-31)25-27-8-11-30(12-9-27)39-33(29-6-4-3-5-7-29)24-34-35(43-39)16-19-42-40(34)49/h3-12,14,16,19,23-24,26,31H,13,15,17-18,20-22,25H2,1-2H3,(H,42,49)(H,44,50). The Morgan fingerprint density at radius 2 is 1.60 bits per heavy atom. The molecule has 1 saturated heterocycles. The first-order chi connectivity index (χ1) is 24.2. The van der Waals surface area contributed by atoms with E-state index in [-0.39, 0.29) is 54.0 Å². The summed E-state index contributed by atoms with van der Waals surface area (Å²) >= 11 is 0. The molecule has 0 atom stereocenters. The second-order valence-electron chi connectivity index (χ2n) is 13.7. The van der Waals surface area contributed by atoms with Crippen LogP contribution in [0.3, 0.4) is 0 Å². The lowest BCUT2D eigenvalue weighted by Gasteiger charge is -2.32. The number of aromatic amines is 2. The first-order valence-electron chi connectivity index (χ1n) is 17.4. The largest absolute Gasteiger partial charge is 0.328 e. The Morgan fingerprint density at radius 1 is 0.860 bits per heavy atom. The molecule has 1 aliphatic rings. The fourth-order valence-corrected chi connectivity index (χ4v) is 7.04. The first-order valence-corrected chi connectivity index (χ1v) is 17.4. The zero-order chi connectivity index (χ0) is 34.8. The summed E-state index contributed by atoms with van der Waals surface area (Å²) in [5.74, 6) is 0.0701. The number of Topliss-reactive ketones (excluding diaryl/α,β-unsaturated/α-hetero) is 2. The van der Waals surface area contributed by atoms with Gasteiger partial charge in [0.25, 0.3) is 5.56 Å². The number of ketones is 2. The Hall–Kier alpha value is -5.41. The molecule has 1 aliphatic heterocycles. The maximum atomic E-state index is 13.1. The molecule has 1 fully saturated rings. The van der Waals surface area contributed by atoms with Crippen LogP contribution in [0.2, 0.25) is 0 Å². The third-order valence-electron chi connectivity index (χ3n) is 9.87. The van der Waals surface area contributed by atoms with E-state index in [0.717, 1.165) is 71.5 Å². The Balaban J connectivity index is 1.03. The van der Waals surface area contributed by atoms with Gasteiger partial charge < -0.3 is 9.97 Å². The Labute approximate surface area is 290 Å². The van der Waals surface area contributed by atoms with Crippen molar-refractivity contribution in [3.05, 3.63) is 123 Å². The van der Waals surface area contributed by atoms with Crippen LogP contribution >= 0.6 is 0 Å². The van der Waals surface area contributed by atoms with Crippen LogP contribution in [0.4, 0.5) is 0 Å². The second kappa shape index (κ2) is 14.2. The molecule has 50 heavy (non-hydrogen) atoms. The van der Waals surface area contributed by atoms with Gasteiger partial charge in [0.05, 0.1) is 27.6 Å². The first kappa shape index (κ1) is 33.1. The van der Waals surface area contributed by atoms with Crippen molar-refractivity contribution in [2.24, 2.45) is 5.92 Å². The van der Waals surface area contributed by atoms with E-state index < -0.39 is 0 Å². The van der Waals surface area contributed by atoms with Crippen LogP contribution in [0.5, 0.6) is 0 Å². The highest BCUT2D eigenvalue weighted by Crippen LogP contribution is 2.33. The van der Waals surface area contributed by atoms with Gasteiger partial charge in [-0.25, -0.2) is 9.78 Å². The molecule has 3 aromatic heterocycles. The van der Waals surface area contributed by atoms with Crippen molar-refractivity contribution in [3.63, 3.8) is 0 Å². The molecule has 0 saturated carbocycles. The summed E-state index contributed by atoms with van der Waals surface area (Å²) in [5, 5.41) is 0.562. The molecule has 9 heteroatoms. The summed E-state index contributed by atoms with van der Waals surface area (Å²) < 4.78 is 1.87. The van der Waals surface area contributed by atoms with Crippen LogP contribution < -0.4 is 11.2 Å². The van der Waals surface area contributed by atoms with Gasteiger partial charge in [-0.1, -0.05) is 74.5 Å². The van der Waals surface area contributed by atoms with Crippen molar-refractivity contribution in [1.82, 2.24) is 24.4 Å². The number of carbonyl (C=O) groups is 2. The highest BCUT2D eigenvalue weighted by Gasteiger charge is 2.24. The molecular weight excluding hydrogens is 626 g/mol. The van der Waals surface area contributed by atoms with Crippen molar-refractivity contribution in [2.45, 2.75) is 58.5 Å². The number of carbonyl (C=O) groups excluding carboxylic acids is 2. The summed E-state index contributed by atoms with van der Waals surface area (Å²) in [6.07, 6.45) is 4.08. The molecule has 0 unspecified atom stereocenters. The van der Waals surface area contributed by atoms with E-state index in [4.69, 9.17) is 4.98 Å². The molecule has 2 N–H and O–H groups in total. The molecule has 7 rings (SSSR count). The molecule has 254 valence electrons. The maximum Gasteiger partial charge on any atom is 0.326 e. The monoisotopic (exact) mass is 667 g/mol. The van der Waals surface area contributed by atoms with E-state index in [1.165, 1.54) is 5.56 Å². The van der Waals surface area contributed by atoms with Gasteiger partial charge in [-0.3, -0.25) is 23.9 Å². The second-order valence-corrected chi connectivity index (χ2v) is 13.7. The van der Waals surface area contributed by atoms with Gasteiger partial charge in [0.1, 0.15) is 11.6 Å². The molecule has 6 aromatic rings. The number of imidazole rings is 1. The summed E-state index contributed by atoms with van der Waals surface area (Å²) in [5.41, 5.74) is 7.76. The van der Waals surface area contributed by atoms with Crippen molar-refractivity contribution < 1.29 is 9.59 Å². The zero-order valence-electron chi connectivity index (χ0n) is 28.4. The molecule has 4 heterocycles. The van der Waals surface area contributed by atoms with Gasteiger partial charge in [0.15, 0.2) is 0 Å². The molecule has 0 bridgehead atoms. The van der Waals surface area contributed by atoms with Crippen molar-refractivity contribution in [2.75, 3.05) is 13.1 Å². The minimum atomic E-state index is -0.156. The van der Waals surface area contributed by atoms with Gasteiger partial charge in [-0.2, -0.15) is 0 Å². The fourth-order valence-electron chi connectivity index (χ4n) is 7.04. The van der Waals surface area contributed by atoms with Gasteiger partial charge >= 0.3 is 5.69 Å². The number of hydrogen-bond donors (Lipinski definition) is 2. The maximum absolute atomic E-state index is 13.1. The average molecular weight is 668 g/mol. The SMILES string of the molecule is CC(C)C(=O)CCC(=O)Cc1ccc2[nH]c(=O)n(C3CCN(Cc4ccc(-c5nc6cc[nH]c(=O)c6cc5-c5ccccc5)cc4)CC3)c2c1. The summed E-state index contributed by atoms with van der Waals surface area (Å²) in [7, 11) is 0. The topological polar surface area (TPSA) is 121 Å². The normalized spacial score (nSPS) is 14.1. The van der Waals surface area contributed by atoms with Crippen LogP contribution in [0.1, 0.15) is 56.7 Å². The summed E-state index contributed by atoms with van der Waals surface area (Å²) in [6, 6.07) is 28.1. The number of benzene rings is 3. The average Bonchev–Trinajstić information content (AvgIpc) is 3.46. The van der Waals surface area contributed by atoms with Crippen molar-refractivity contribution in [1.29, 1.82) is 0 Å². The Kier molecular flexibility index (Phi) is 9.41. The third-order valence-corrected chi connectivity index (χ3v) is 9.87. The number of nitrogens with zero attached hydrogens (tertiary/aromatic N) is 3. The van der Waals surface area contributed by atoms with E-state index >= 15 is 0 Å². The fraction of sp³-hybridized carbons (Fsp3) is 0.293. The highest BCUT2D eigenvalue weighted by molar-refractivity contribution is 5.91. The summed E-state index contributed by atoms with van der Waals surface area (Å²) in [6.45, 7) is 6.21. The van der Waals surface area contributed by atoms with E-state index in [0.29, 0.717) is 10.9 Å². The molecular formula is C41H41N5O4. The van der Waals surface area contributed by atoms with Gasteiger partial charge in [-0.05, 0) is 53.8 Å². The number of hydrogen-bond acceptors (Lipinski definition) is 6. The van der Waals surface area contributed by atoms with Gasteiger partial charge in [0, 0.05) is 68.2 Å². The predicted octanol–water partition coefficient (Wildman–Crippen LogP) is 6.85. The zero-order valence-corrected chi connectivity index (χ0v) is 28.4. The molecule has 9 nitrogen and oxygen atoms in total. The molecule has 0 spiro atoms. The number of likely N-dealkylation sites (tertiary alicyclic amines) is 1. The van der Waals surface area contributed by atoms with Gasteiger partial charge in [-0.15, -0.1) is 0 Å². The predicted molar refractivity (Wildman–Crippen MR) is 197 cm³/mol. The number of H-pyrrole nitrogens is 2. The molecule has 0 radical (unpaired) electrons. The van der Waals surface area contributed by atoms with Crippen LogP contribution in [0.25, 0.3) is 44.3 Å². The quantitative estimate of drug-likeness (QED) is 0.156. The van der Waals surface area contributed by atoms with Gasteiger partial charge in [0.2, 0.25) is 0 Å². The van der Waals surface area contributed by atoms with E-state index in [2.05, 4.69) is 39.1 Å². The Morgan fingerprint density at radius 3 is 2.34 bits per heavy atom. The van der Waals surface area contributed by atoms with Crippen LogP contribution in [-0.4, -0.2) is 49.1 Å². The highest BCUT2D eigenvalue weighted by atomic mass is 16.1. The number of piperidine rings is 1. The lowest BCUT2D eigenvalue weighted by atomic mass is 9.97. The van der Waals surface area contributed by atoms with Crippen LogP contribution in [0, 0.1) is 5.92 Å². The minimum Gasteiger partial charge on any atom is -0.328 e. The molecule has 3 aromatic carbocycles. The lowest BCUT2D eigenvalue weighted by molar-refractivity contribution is -0.125. The summed E-state index contributed by atoms with van der Waals surface area (Å²) in [4.78, 5) is 63.4. The van der Waals surface area contributed by atoms with Crippen molar-refractivity contribution in [3.8, 4) is 22.4 Å². The van der Waals surface area contributed by atoms with Crippen LogP contribution in [0.15, 0.2) is 101 Å². The molecule has 0 amide bonds. The lowest BCUT2D eigenvalue weighted by Crippen LogP contribution is -2.36. The van der Waals surface area contributed by atoms with Crippen molar-refractivity contribution >= 4 is 33.5 Å². The van der Waals surface area contributed by atoms with E-state index in [9.17, 15) is 19.2 Å². The van der Waals surface area contributed by atoms with E-state index in [1.807, 2.05) is 79.1 Å². The van der Waals surface area contributed by atoms with Crippen LogP contribution in [-0.2, 0) is 22.6 Å². The third kappa shape index (κ3) is 7.00. The smallest absolute Gasteiger partial charge is 0.326 e. The number of nitrogens with one attached hydrogen (secondary N) is 2. The molecule has 0 aliphatic carbocycles. The number of fused-ring (bicyclic) bond motifs is 2. The minimum absolute atomic E-state index is 0.0332. The number of rotatable bonds is 11.